The van der Waals surface area contributed by atoms with E-state index in [9.17, 15) is 9.59 Å². The molecule has 0 radical (unpaired) electrons. The lowest BCUT2D eigenvalue weighted by Gasteiger charge is -2.35. The van der Waals surface area contributed by atoms with Gasteiger partial charge in [0.1, 0.15) is 11.4 Å². The number of ether oxygens (including phenoxy) is 2. The summed E-state index contributed by atoms with van der Waals surface area (Å²) in [5, 5.41) is 0. The van der Waals surface area contributed by atoms with E-state index in [-0.39, 0.29) is 5.78 Å². The van der Waals surface area contributed by atoms with Gasteiger partial charge in [0.15, 0.2) is 5.78 Å². The van der Waals surface area contributed by atoms with Gasteiger partial charge >= 0.3 is 6.09 Å². The number of methoxy groups -OCH3 is 1. The van der Waals surface area contributed by atoms with Gasteiger partial charge in [-0.3, -0.25) is 9.69 Å². The maximum absolute atomic E-state index is 12.8. The van der Waals surface area contributed by atoms with Gasteiger partial charge in [-0.1, -0.05) is 12.1 Å². The Hall–Kier alpha value is -2.04. The quantitative estimate of drug-likeness (QED) is 0.798. The molecule has 0 aliphatic carbocycles. The predicted molar refractivity (Wildman–Crippen MR) is 87.9 cm³/mol. The van der Waals surface area contributed by atoms with E-state index in [1.165, 1.54) is 0 Å². The zero-order chi connectivity index (χ0) is 17.0. The standard InChI is InChI=1S/C18H25NO4/c1-18(2,3)23-17(21)19-11-6-5-10-15(19)16(20)13-8-7-9-14(12-13)22-4/h7-9,12,15H,5-6,10-11H2,1-4H3. The van der Waals surface area contributed by atoms with Gasteiger partial charge in [0.2, 0.25) is 0 Å². The Morgan fingerprint density at radius 2 is 1.96 bits per heavy atom. The number of rotatable bonds is 3. The number of benzene rings is 1. The number of carbonyl (C=O) groups excluding carboxylic acids is 2. The van der Waals surface area contributed by atoms with Crippen molar-refractivity contribution in [2.75, 3.05) is 13.7 Å². The second-order valence-corrected chi connectivity index (χ2v) is 6.78. The van der Waals surface area contributed by atoms with E-state index in [1.54, 1.807) is 36.3 Å². The van der Waals surface area contributed by atoms with Crippen LogP contribution in [0.5, 0.6) is 5.75 Å². The van der Waals surface area contributed by atoms with Crippen LogP contribution in [-0.2, 0) is 4.74 Å². The molecule has 1 saturated heterocycles. The van der Waals surface area contributed by atoms with Gasteiger partial charge in [0.05, 0.1) is 13.2 Å². The van der Waals surface area contributed by atoms with Gasteiger partial charge < -0.3 is 9.47 Å². The van der Waals surface area contributed by atoms with Gasteiger partial charge in [-0.2, -0.15) is 0 Å². The average molecular weight is 319 g/mol. The van der Waals surface area contributed by atoms with Crippen molar-refractivity contribution >= 4 is 11.9 Å². The smallest absolute Gasteiger partial charge is 0.410 e. The maximum Gasteiger partial charge on any atom is 0.410 e. The summed E-state index contributed by atoms with van der Waals surface area (Å²) >= 11 is 0. The largest absolute Gasteiger partial charge is 0.497 e. The van der Waals surface area contributed by atoms with Crippen LogP contribution in [0.2, 0.25) is 0 Å². The average Bonchev–Trinajstić information content (AvgIpc) is 2.52. The summed E-state index contributed by atoms with van der Waals surface area (Å²) in [5.41, 5.74) is -0.0113. The molecule has 23 heavy (non-hydrogen) atoms. The van der Waals surface area contributed by atoms with Crippen molar-refractivity contribution < 1.29 is 19.1 Å². The zero-order valence-electron chi connectivity index (χ0n) is 14.3. The lowest BCUT2D eigenvalue weighted by atomic mass is 9.94. The van der Waals surface area contributed by atoms with Crippen LogP contribution in [0, 0.1) is 0 Å². The molecular weight excluding hydrogens is 294 g/mol. The van der Waals surface area contributed by atoms with Crippen molar-refractivity contribution in [3.8, 4) is 5.75 Å². The molecule has 1 aromatic carbocycles. The minimum Gasteiger partial charge on any atom is -0.497 e. The topological polar surface area (TPSA) is 55.8 Å². The van der Waals surface area contributed by atoms with Crippen LogP contribution < -0.4 is 4.74 Å². The molecular formula is C18H25NO4. The molecule has 1 atom stereocenters. The summed E-state index contributed by atoms with van der Waals surface area (Å²) in [7, 11) is 1.57. The molecule has 5 nitrogen and oxygen atoms in total. The second-order valence-electron chi connectivity index (χ2n) is 6.78. The molecule has 1 aromatic rings. The van der Waals surface area contributed by atoms with Crippen LogP contribution in [0.25, 0.3) is 0 Å². The summed E-state index contributed by atoms with van der Waals surface area (Å²) in [6.45, 7) is 6.03. The molecule has 0 spiro atoms. The molecule has 0 saturated carbocycles. The number of nitrogens with zero attached hydrogens (tertiary/aromatic N) is 1. The maximum atomic E-state index is 12.8. The third-order valence-electron chi connectivity index (χ3n) is 3.79. The fourth-order valence-corrected chi connectivity index (χ4v) is 2.71. The minimum atomic E-state index is -0.571. The molecule has 1 aliphatic rings. The highest BCUT2D eigenvalue weighted by atomic mass is 16.6. The van der Waals surface area contributed by atoms with Crippen molar-refractivity contribution in [1.29, 1.82) is 0 Å². The fourth-order valence-electron chi connectivity index (χ4n) is 2.71. The normalized spacial score (nSPS) is 18.4. The number of hydrogen-bond donors (Lipinski definition) is 0. The van der Waals surface area contributed by atoms with E-state index in [0.717, 1.165) is 12.8 Å². The third-order valence-corrected chi connectivity index (χ3v) is 3.79. The molecule has 0 N–H and O–H groups in total. The van der Waals surface area contributed by atoms with Gasteiger partial charge in [0.25, 0.3) is 0 Å². The highest BCUT2D eigenvalue weighted by molar-refractivity contribution is 6.01. The van der Waals surface area contributed by atoms with Crippen molar-refractivity contribution in [1.82, 2.24) is 4.90 Å². The third kappa shape index (κ3) is 4.47. The lowest BCUT2D eigenvalue weighted by Crippen LogP contribution is -2.49. The lowest BCUT2D eigenvalue weighted by molar-refractivity contribution is 0.0105. The zero-order valence-corrected chi connectivity index (χ0v) is 14.3. The first-order valence-electron chi connectivity index (χ1n) is 8.00. The van der Waals surface area contributed by atoms with Crippen molar-refractivity contribution in [2.24, 2.45) is 0 Å². The molecule has 2 rings (SSSR count). The number of Topliss-reactive ketones (excluding diaryl/α,β-unsaturated/α-hetero) is 1. The minimum absolute atomic E-state index is 0.0607. The summed E-state index contributed by atoms with van der Waals surface area (Å²) in [5.74, 6) is 0.574. The molecule has 0 aromatic heterocycles. The molecule has 1 fully saturated rings. The Morgan fingerprint density at radius 3 is 2.61 bits per heavy atom. The highest BCUT2D eigenvalue weighted by Crippen LogP contribution is 2.24. The fraction of sp³-hybridized carbons (Fsp3) is 0.556. The van der Waals surface area contributed by atoms with Crippen molar-refractivity contribution in [3.05, 3.63) is 29.8 Å². The van der Waals surface area contributed by atoms with E-state index in [2.05, 4.69) is 0 Å². The van der Waals surface area contributed by atoms with Crippen LogP contribution >= 0.6 is 0 Å². The first-order chi connectivity index (χ1) is 10.8. The van der Waals surface area contributed by atoms with Crippen LogP contribution in [0.1, 0.15) is 50.4 Å². The second kappa shape index (κ2) is 7.02. The van der Waals surface area contributed by atoms with Gasteiger partial charge in [-0.05, 0) is 52.2 Å². The van der Waals surface area contributed by atoms with Gasteiger partial charge in [-0.15, -0.1) is 0 Å². The molecule has 126 valence electrons. The molecule has 1 amide bonds. The highest BCUT2D eigenvalue weighted by Gasteiger charge is 2.35. The van der Waals surface area contributed by atoms with Crippen LogP contribution in [0.4, 0.5) is 4.79 Å². The summed E-state index contributed by atoms with van der Waals surface area (Å²) in [6.07, 6.45) is 2.06. The summed E-state index contributed by atoms with van der Waals surface area (Å²) in [4.78, 5) is 26.8. The number of carbonyl (C=O) groups is 2. The number of piperidine rings is 1. The number of amides is 1. The molecule has 5 heteroatoms. The van der Waals surface area contributed by atoms with E-state index < -0.39 is 17.7 Å². The summed E-state index contributed by atoms with van der Waals surface area (Å²) in [6, 6.07) is 6.58. The monoisotopic (exact) mass is 319 g/mol. The number of likely N-dealkylation sites (tertiary alicyclic amines) is 1. The number of ketones is 1. The summed E-state index contributed by atoms with van der Waals surface area (Å²) < 4.78 is 10.6. The van der Waals surface area contributed by atoms with Crippen molar-refractivity contribution in [3.63, 3.8) is 0 Å². The van der Waals surface area contributed by atoms with Gasteiger partial charge in [-0.25, -0.2) is 4.79 Å². The van der Waals surface area contributed by atoms with Crippen LogP contribution in [0.15, 0.2) is 24.3 Å². The molecule has 0 bridgehead atoms. The van der Waals surface area contributed by atoms with E-state index >= 15 is 0 Å². The van der Waals surface area contributed by atoms with Crippen LogP contribution in [-0.4, -0.2) is 42.1 Å². The Morgan fingerprint density at radius 1 is 1.22 bits per heavy atom. The van der Waals surface area contributed by atoms with E-state index in [0.29, 0.717) is 24.3 Å². The molecule has 1 heterocycles. The Labute approximate surface area is 137 Å². The first kappa shape index (κ1) is 17.3. The van der Waals surface area contributed by atoms with E-state index in [4.69, 9.17) is 9.47 Å². The van der Waals surface area contributed by atoms with Crippen LogP contribution in [0.3, 0.4) is 0 Å². The first-order valence-corrected chi connectivity index (χ1v) is 8.00. The SMILES string of the molecule is COc1cccc(C(=O)C2CCCCN2C(=O)OC(C)(C)C)c1. The molecule has 1 aliphatic heterocycles. The van der Waals surface area contributed by atoms with Gasteiger partial charge in [0, 0.05) is 12.1 Å². The van der Waals surface area contributed by atoms with E-state index in [1.807, 2.05) is 20.8 Å². The Balaban J connectivity index is 2.20. The number of hydrogen-bond acceptors (Lipinski definition) is 4. The Kier molecular flexibility index (Phi) is 5.29. The Bertz CT molecular complexity index is 577. The van der Waals surface area contributed by atoms with Crippen molar-refractivity contribution in [2.45, 2.75) is 51.7 Å². The predicted octanol–water partition coefficient (Wildman–Crippen LogP) is 3.67. The molecule has 1 unspecified atom stereocenters.